The molecule has 0 radical (unpaired) electrons. The molecule has 0 aliphatic heterocycles. The maximum Gasteiger partial charge on any atom is 0.127 e. The first kappa shape index (κ1) is 15.2. The Morgan fingerprint density at radius 2 is 1.67 bits per heavy atom. The molecule has 1 aliphatic rings. The van der Waals surface area contributed by atoms with E-state index in [1.807, 2.05) is 36.4 Å². The summed E-state index contributed by atoms with van der Waals surface area (Å²) in [7, 11) is 0. The number of hydrogen-bond acceptors (Lipinski definition) is 2. The number of benzene rings is 3. The zero-order valence-corrected chi connectivity index (χ0v) is 13.5. The third-order valence-corrected chi connectivity index (χ3v) is 4.77. The van der Waals surface area contributed by atoms with Gasteiger partial charge >= 0.3 is 0 Å². The standard InChI is InChI=1S/C21H20FNO/c22-20-8-4-2-6-16(20)13-23(17-10-11-17)14-19-18-7-3-1-5-15(18)9-12-21(19)24/h1-9,12,17,24H,10-11,13-14H2. The van der Waals surface area contributed by atoms with Gasteiger partial charge in [0.05, 0.1) is 0 Å². The SMILES string of the molecule is Oc1ccc2ccccc2c1CN(Cc1ccccc1F)C1CC1. The molecule has 0 spiro atoms. The Hall–Kier alpha value is -2.39. The van der Waals surface area contributed by atoms with Gasteiger partial charge in [0.1, 0.15) is 11.6 Å². The molecule has 0 heterocycles. The second kappa shape index (κ2) is 6.25. The van der Waals surface area contributed by atoms with Crippen LogP contribution in [0, 0.1) is 5.82 Å². The minimum absolute atomic E-state index is 0.162. The van der Waals surface area contributed by atoms with E-state index >= 15 is 0 Å². The van der Waals surface area contributed by atoms with Gasteiger partial charge in [-0.05, 0) is 35.7 Å². The van der Waals surface area contributed by atoms with Gasteiger partial charge in [0.2, 0.25) is 0 Å². The quantitative estimate of drug-likeness (QED) is 0.726. The smallest absolute Gasteiger partial charge is 0.127 e. The maximum absolute atomic E-state index is 14.0. The van der Waals surface area contributed by atoms with E-state index in [1.165, 1.54) is 6.07 Å². The van der Waals surface area contributed by atoms with Crippen molar-refractivity contribution in [1.29, 1.82) is 0 Å². The zero-order chi connectivity index (χ0) is 16.5. The topological polar surface area (TPSA) is 23.5 Å². The summed E-state index contributed by atoms with van der Waals surface area (Å²) in [5, 5.41) is 12.6. The number of aromatic hydroxyl groups is 1. The van der Waals surface area contributed by atoms with Gasteiger partial charge in [-0.1, -0.05) is 48.5 Å². The number of rotatable bonds is 5. The molecule has 122 valence electrons. The van der Waals surface area contributed by atoms with Crippen molar-refractivity contribution in [3.05, 3.63) is 77.6 Å². The fraction of sp³-hybridized carbons (Fsp3) is 0.238. The van der Waals surface area contributed by atoms with Crippen LogP contribution in [0.4, 0.5) is 4.39 Å². The summed E-state index contributed by atoms with van der Waals surface area (Å²) in [6.45, 7) is 1.20. The average Bonchev–Trinajstić information content (AvgIpc) is 3.43. The Balaban J connectivity index is 1.67. The minimum atomic E-state index is -0.162. The monoisotopic (exact) mass is 321 g/mol. The molecule has 3 heteroatoms. The van der Waals surface area contributed by atoms with Gasteiger partial charge in [-0.2, -0.15) is 0 Å². The summed E-state index contributed by atoms with van der Waals surface area (Å²) in [6, 6.07) is 19.2. The molecular formula is C21H20FNO. The van der Waals surface area contributed by atoms with Gasteiger partial charge in [0.15, 0.2) is 0 Å². The van der Waals surface area contributed by atoms with E-state index in [2.05, 4.69) is 11.0 Å². The second-order valence-electron chi connectivity index (χ2n) is 6.51. The van der Waals surface area contributed by atoms with Crippen LogP contribution in [0.2, 0.25) is 0 Å². The summed E-state index contributed by atoms with van der Waals surface area (Å²) in [6.07, 6.45) is 2.28. The first-order chi connectivity index (χ1) is 11.7. The molecule has 4 rings (SSSR count). The highest BCUT2D eigenvalue weighted by Crippen LogP contribution is 2.34. The molecule has 0 aromatic heterocycles. The van der Waals surface area contributed by atoms with Gasteiger partial charge in [-0.3, -0.25) is 4.90 Å². The van der Waals surface area contributed by atoms with Gasteiger partial charge < -0.3 is 5.11 Å². The lowest BCUT2D eigenvalue weighted by atomic mass is 10.0. The molecular weight excluding hydrogens is 301 g/mol. The number of phenolic OH excluding ortho intramolecular Hbond substituents is 1. The fourth-order valence-electron chi connectivity index (χ4n) is 3.29. The number of hydrogen-bond donors (Lipinski definition) is 1. The van der Waals surface area contributed by atoms with E-state index in [1.54, 1.807) is 12.1 Å². The van der Waals surface area contributed by atoms with Gasteiger partial charge in [0.25, 0.3) is 0 Å². The number of halogens is 1. The van der Waals surface area contributed by atoms with Crippen molar-refractivity contribution >= 4 is 10.8 Å². The van der Waals surface area contributed by atoms with Crippen LogP contribution in [-0.2, 0) is 13.1 Å². The van der Waals surface area contributed by atoms with E-state index in [-0.39, 0.29) is 5.82 Å². The van der Waals surface area contributed by atoms with Crippen LogP contribution < -0.4 is 0 Å². The molecule has 0 saturated heterocycles. The molecule has 0 amide bonds. The highest BCUT2D eigenvalue weighted by atomic mass is 19.1. The molecule has 0 unspecified atom stereocenters. The second-order valence-corrected chi connectivity index (χ2v) is 6.51. The first-order valence-corrected chi connectivity index (χ1v) is 8.39. The molecule has 1 saturated carbocycles. The lowest BCUT2D eigenvalue weighted by molar-refractivity contribution is 0.240. The van der Waals surface area contributed by atoms with Crippen LogP contribution in [-0.4, -0.2) is 16.0 Å². The van der Waals surface area contributed by atoms with Crippen molar-refractivity contribution in [3.8, 4) is 5.75 Å². The number of fused-ring (bicyclic) bond motifs is 1. The molecule has 1 N–H and O–H groups in total. The molecule has 3 aromatic rings. The lowest BCUT2D eigenvalue weighted by Gasteiger charge is -2.24. The Labute approximate surface area is 141 Å². The van der Waals surface area contributed by atoms with Crippen LogP contribution in [0.5, 0.6) is 5.75 Å². The Morgan fingerprint density at radius 3 is 2.46 bits per heavy atom. The lowest BCUT2D eigenvalue weighted by Crippen LogP contribution is -2.25. The summed E-state index contributed by atoms with van der Waals surface area (Å²) in [5.74, 6) is 0.151. The van der Waals surface area contributed by atoms with Crippen LogP contribution in [0.15, 0.2) is 60.7 Å². The Morgan fingerprint density at radius 1 is 0.917 bits per heavy atom. The van der Waals surface area contributed by atoms with E-state index in [0.717, 1.165) is 29.2 Å². The van der Waals surface area contributed by atoms with E-state index in [0.29, 0.717) is 30.4 Å². The van der Waals surface area contributed by atoms with Gasteiger partial charge in [0, 0.05) is 30.3 Å². The summed E-state index contributed by atoms with van der Waals surface area (Å²) >= 11 is 0. The Kier molecular flexibility index (Phi) is 3.95. The predicted molar refractivity (Wildman–Crippen MR) is 94.3 cm³/mol. The maximum atomic E-state index is 14.0. The third-order valence-electron chi connectivity index (χ3n) is 4.77. The van der Waals surface area contributed by atoms with Crippen LogP contribution in [0.3, 0.4) is 0 Å². The highest BCUT2D eigenvalue weighted by molar-refractivity contribution is 5.87. The molecule has 0 bridgehead atoms. The average molecular weight is 321 g/mol. The predicted octanol–water partition coefficient (Wildman–Crippen LogP) is 4.85. The van der Waals surface area contributed by atoms with E-state index in [4.69, 9.17) is 0 Å². The largest absolute Gasteiger partial charge is 0.508 e. The third kappa shape index (κ3) is 3.00. The van der Waals surface area contributed by atoms with Crippen molar-refractivity contribution in [1.82, 2.24) is 4.90 Å². The zero-order valence-electron chi connectivity index (χ0n) is 13.5. The molecule has 24 heavy (non-hydrogen) atoms. The van der Waals surface area contributed by atoms with E-state index < -0.39 is 0 Å². The molecule has 1 aliphatic carbocycles. The van der Waals surface area contributed by atoms with Crippen molar-refractivity contribution in [3.63, 3.8) is 0 Å². The summed E-state index contributed by atoms with van der Waals surface area (Å²) in [4.78, 5) is 2.28. The normalized spacial score (nSPS) is 14.4. The first-order valence-electron chi connectivity index (χ1n) is 8.39. The number of nitrogens with zero attached hydrogens (tertiary/aromatic N) is 1. The molecule has 3 aromatic carbocycles. The van der Waals surface area contributed by atoms with Crippen molar-refractivity contribution in [2.45, 2.75) is 32.0 Å². The van der Waals surface area contributed by atoms with E-state index in [9.17, 15) is 9.50 Å². The highest BCUT2D eigenvalue weighted by Gasteiger charge is 2.30. The minimum Gasteiger partial charge on any atom is -0.508 e. The Bertz CT molecular complexity index is 873. The number of phenols is 1. The van der Waals surface area contributed by atoms with Gasteiger partial charge in [-0.25, -0.2) is 4.39 Å². The molecule has 1 fully saturated rings. The van der Waals surface area contributed by atoms with Crippen LogP contribution >= 0.6 is 0 Å². The molecule has 2 nitrogen and oxygen atoms in total. The van der Waals surface area contributed by atoms with Gasteiger partial charge in [-0.15, -0.1) is 0 Å². The van der Waals surface area contributed by atoms with Crippen molar-refractivity contribution < 1.29 is 9.50 Å². The summed E-state index contributed by atoms with van der Waals surface area (Å²) < 4.78 is 14.0. The van der Waals surface area contributed by atoms with Crippen LogP contribution in [0.25, 0.3) is 10.8 Å². The van der Waals surface area contributed by atoms with Crippen LogP contribution in [0.1, 0.15) is 24.0 Å². The summed E-state index contributed by atoms with van der Waals surface area (Å²) in [5.41, 5.74) is 1.64. The fourth-order valence-corrected chi connectivity index (χ4v) is 3.29. The van der Waals surface area contributed by atoms with Crippen molar-refractivity contribution in [2.75, 3.05) is 0 Å². The van der Waals surface area contributed by atoms with Crippen molar-refractivity contribution in [2.24, 2.45) is 0 Å². The molecule has 0 atom stereocenters.